The molecule has 0 aliphatic carbocycles. The fraction of sp³-hybridized carbons (Fsp3) is 0.500. The van der Waals surface area contributed by atoms with Crippen LogP contribution in [-0.4, -0.2) is 27.1 Å². The van der Waals surface area contributed by atoms with E-state index in [2.05, 4.69) is 10.1 Å². The topological polar surface area (TPSA) is 64.8 Å². The number of aromatic nitrogens is 3. The minimum absolute atomic E-state index is 0.0944. The summed E-state index contributed by atoms with van der Waals surface area (Å²) in [5, 5.41) is 4.33. The molecule has 0 spiro atoms. The van der Waals surface area contributed by atoms with E-state index >= 15 is 0 Å². The molecule has 0 radical (unpaired) electrons. The molecule has 0 N–H and O–H groups in total. The summed E-state index contributed by atoms with van der Waals surface area (Å²) in [6, 6.07) is 1.80. The summed E-state index contributed by atoms with van der Waals surface area (Å²) in [6.45, 7) is 7.91. The van der Waals surface area contributed by atoms with Gasteiger partial charge in [-0.1, -0.05) is 13.8 Å². The Morgan fingerprint density at radius 2 is 1.85 bits per heavy atom. The van der Waals surface area contributed by atoms with E-state index < -0.39 is 12.1 Å². The zero-order valence-electron chi connectivity index (χ0n) is 15.2. The minimum atomic E-state index is -4.19. The third kappa shape index (κ3) is 5.26. The number of nitrogens with zero attached hydrogens (tertiary/aromatic N) is 3. The first-order valence-electron chi connectivity index (χ1n) is 8.26. The van der Waals surface area contributed by atoms with Gasteiger partial charge in [0.15, 0.2) is 0 Å². The summed E-state index contributed by atoms with van der Waals surface area (Å²) < 4.78 is 40.1. The summed E-state index contributed by atoms with van der Waals surface area (Å²) >= 11 is 0. The number of halogens is 3. The highest BCUT2D eigenvalue weighted by molar-refractivity contribution is 5.66. The monoisotopic (exact) mass is 369 g/mol. The summed E-state index contributed by atoms with van der Waals surface area (Å²) in [7, 11) is 0. The molecule has 2 aromatic heterocycles. The van der Waals surface area contributed by atoms with Gasteiger partial charge in [0.05, 0.1) is 17.8 Å². The molecule has 0 bridgehead atoms. The predicted molar refractivity (Wildman–Crippen MR) is 89.2 cm³/mol. The van der Waals surface area contributed by atoms with Crippen LogP contribution in [0.15, 0.2) is 18.5 Å². The van der Waals surface area contributed by atoms with Gasteiger partial charge in [0.2, 0.25) is 0 Å². The summed E-state index contributed by atoms with van der Waals surface area (Å²) in [5.74, 6) is -1.39. The van der Waals surface area contributed by atoms with Crippen molar-refractivity contribution < 1.29 is 22.8 Å². The average molecular weight is 369 g/mol. The van der Waals surface area contributed by atoms with Gasteiger partial charge in [-0.05, 0) is 37.5 Å². The lowest BCUT2D eigenvalue weighted by molar-refractivity contribution is -0.191. The molecule has 1 atom stereocenters. The second kappa shape index (κ2) is 9.29. The Morgan fingerprint density at radius 1 is 1.23 bits per heavy atom. The lowest BCUT2D eigenvalue weighted by Crippen LogP contribution is -2.22. The van der Waals surface area contributed by atoms with E-state index in [0.29, 0.717) is 5.69 Å². The second-order valence-corrected chi connectivity index (χ2v) is 5.91. The maximum atomic E-state index is 12.7. The highest BCUT2D eigenvalue weighted by Crippen LogP contribution is 2.31. The average Bonchev–Trinajstić information content (AvgIpc) is 2.95. The Bertz CT molecular complexity index is 764. The van der Waals surface area contributed by atoms with Gasteiger partial charge in [0.25, 0.3) is 0 Å². The SMILES string of the molecule is CCc1cc(C[C@@H](C)C(F)(F)F)ncc1-c1c(C)cnn1CC.O=C=O. The first kappa shape index (κ1) is 21.6. The van der Waals surface area contributed by atoms with Gasteiger partial charge in [0.1, 0.15) is 0 Å². The number of hydrogen-bond acceptors (Lipinski definition) is 4. The lowest BCUT2D eigenvalue weighted by Gasteiger charge is -2.17. The van der Waals surface area contributed by atoms with Crippen LogP contribution in [0.25, 0.3) is 11.3 Å². The molecule has 0 amide bonds. The van der Waals surface area contributed by atoms with E-state index in [1.54, 1.807) is 18.5 Å². The van der Waals surface area contributed by atoms with Crippen molar-refractivity contribution >= 4 is 6.15 Å². The number of hydrogen-bond donors (Lipinski definition) is 0. The van der Waals surface area contributed by atoms with Crippen molar-refractivity contribution in [3.8, 4) is 11.3 Å². The van der Waals surface area contributed by atoms with E-state index in [0.717, 1.165) is 35.3 Å². The first-order valence-corrected chi connectivity index (χ1v) is 8.26. The van der Waals surface area contributed by atoms with Gasteiger partial charge >= 0.3 is 12.3 Å². The van der Waals surface area contributed by atoms with Gasteiger partial charge in [0, 0.05) is 30.4 Å². The molecule has 0 saturated carbocycles. The van der Waals surface area contributed by atoms with E-state index in [4.69, 9.17) is 9.59 Å². The van der Waals surface area contributed by atoms with Crippen molar-refractivity contribution in [1.82, 2.24) is 14.8 Å². The third-order valence-corrected chi connectivity index (χ3v) is 4.08. The van der Waals surface area contributed by atoms with Crippen molar-refractivity contribution in [2.45, 2.75) is 53.3 Å². The molecule has 26 heavy (non-hydrogen) atoms. The minimum Gasteiger partial charge on any atom is -0.265 e. The van der Waals surface area contributed by atoms with E-state index in [-0.39, 0.29) is 12.6 Å². The zero-order valence-corrected chi connectivity index (χ0v) is 15.2. The van der Waals surface area contributed by atoms with Crippen molar-refractivity contribution in [3.05, 3.63) is 35.3 Å². The highest BCUT2D eigenvalue weighted by atomic mass is 19.4. The van der Waals surface area contributed by atoms with Crippen LogP contribution >= 0.6 is 0 Å². The highest BCUT2D eigenvalue weighted by Gasteiger charge is 2.36. The van der Waals surface area contributed by atoms with E-state index in [1.807, 2.05) is 25.5 Å². The van der Waals surface area contributed by atoms with Crippen LogP contribution in [0.3, 0.4) is 0 Å². The van der Waals surface area contributed by atoms with Crippen LogP contribution in [0, 0.1) is 12.8 Å². The summed E-state index contributed by atoms with van der Waals surface area (Å²) in [5.41, 5.74) is 4.47. The van der Waals surface area contributed by atoms with E-state index in [1.165, 1.54) is 6.92 Å². The molecule has 0 unspecified atom stereocenters. The maximum absolute atomic E-state index is 12.7. The van der Waals surface area contributed by atoms with Crippen molar-refractivity contribution in [2.24, 2.45) is 5.92 Å². The number of carbonyl (C=O) groups excluding carboxylic acids is 2. The molecular weight excluding hydrogens is 347 g/mol. The standard InChI is InChI=1S/C17H22F3N3.CO2/c1-5-13-8-14(7-12(4)17(18,19)20)21-10-15(13)16-11(3)9-22-23(16)6-2;2-1-3/h8-10,12H,5-7H2,1-4H3;/t12-;/m1./s1. The van der Waals surface area contributed by atoms with Gasteiger partial charge < -0.3 is 0 Å². The molecule has 0 fully saturated rings. The Kier molecular flexibility index (Phi) is 7.71. The second-order valence-electron chi connectivity index (χ2n) is 5.91. The fourth-order valence-corrected chi connectivity index (χ4v) is 2.66. The Morgan fingerprint density at radius 3 is 2.35 bits per heavy atom. The normalized spacial score (nSPS) is 12.1. The van der Waals surface area contributed by atoms with Crippen LogP contribution in [0.4, 0.5) is 13.2 Å². The van der Waals surface area contributed by atoms with Crippen LogP contribution < -0.4 is 0 Å². The van der Waals surface area contributed by atoms with Crippen LogP contribution in [0.5, 0.6) is 0 Å². The molecule has 0 aliphatic heterocycles. The molecule has 2 aromatic rings. The summed E-state index contributed by atoms with van der Waals surface area (Å²) in [4.78, 5) is 20.5. The molecule has 0 saturated heterocycles. The van der Waals surface area contributed by atoms with E-state index in [9.17, 15) is 13.2 Å². The first-order chi connectivity index (χ1) is 12.2. The van der Waals surface area contributed by atoms with Gasteiger partial charge in [-0.15, -0.1) is 0 Å². The molecule has 0 aliphatic rings. The van der Waals surface area contributed by atoms with Gasteiger partial charge in [-0.3, -0.25) is 9.67 Å². The quantitative estimate of drug-likeness (QED) is 0.799. The van der Waals surface area contributed by atoms with Crippen molar-refractivity contribution in [3.63, 3.8) is 0 Å². The van der Waals surface area contributed by atoms with Crippen molar-refractivity contribution in [2.75, 3.05) is 0 Å². The fourth-order valence-electron chi connectivity index (χ4n) is 2.66. The number of pyridine rings is 1. The smallest absolute Gasteiger partial charge is 0.265 e. The molecule has 8 heteroatoms. The molecule has 2 rings (SSSR count). The number of alkyl halides is 3. The largest absolute Gasteiger partial charge is 0.391 e. The molecule has 0 aromatic carbocycles. The Labute approximate surface area is 150 Å². The predicted octanol–water partition coefficient (Wildman–Crippen LogP) is 3.99. The number of rotatable bonds is 5. The van der Waals surface area contributed by atoms with Crippen LogP contribution in [-0.2, 0) is 29.0 Å². The molecule has 5 nitrogen and oxygen atoms in total. The van der Waals surface area contributed by atoms with Crippen LogP contribution in [0.2, 0.25) is 0 Å². The zero-order chi connectivity index (χ0) is 19.9. The Hall–Kier alpha value is -2.47. The van der Waals surface area contributed by atoms with Crippen LogP contribution in [0.1, 0.15) is 37.6 Å². The number of aryl methyl sites for hydroxylation is 3. The van der Waals surface area contributed by atoms with Gasteiger partial charge in [-0.25, -0.2) is 0 Å². The van der Waals surface area contributed by atoms with Crippen molar-refractivity contribution in [1.29, 1.82) is 0 Å². The molecular formula is C18H22F3N3O2. The lowest BCUT2D eigenvalue weighted by atomic mass is 9.98. The molecule has 2 heterocycles. The Balaban J connectivity index is 0.00000105. The maximum Gasteiger partial charge on any atom is 0.391 e. The third-order valence-electron chi connectivity index (χ3n) is 4.08. The molecule has 142 valence electrons. The summed E-state index contributed by atoms with van der Waals surface area (Å²) in [6.07, 6.45) is 0.192. The van der Waals surface area contributed by atoms with Gasteiger partial charge in [-0.2, -0.15) is 27.9 Å².